The summed E-state index contributed by atoms with van der Waals surface area (Å²) in [6, 6.07) is 12.7. The van der Waals surface area contributed by atoms with E-state index in [4.69, 9.17) is 11.6 Å². The van der Waals surface area contributed by atoms with Crippen LogP contribution < -0.4 is 4.57 Å². The zero-order valence-corrected chi connectivity index (χ0v) is 12.7. The number of halogens is 3. The van der Waals surface area contributed by atoms with E-state index >= 15 is 0 Å². The van der Waals surface area contributed by atoms with Gasteiger partial charge in [-0.05, 0) is 24.3 Å². The van der Waals surface area contributed by atoms with Crippen molar-refractivity contribution in [3.63, 3.8) is 0 Å². The Morgan fingerprint density at radius 3 is 2.67 bits per heavy atom. The van der Waals surface area contributed by atoms with Gasteiger partial charge in [0.1, 0.15) is 18.4 Å². The third-order valence-electron chi connectivity index (χ3n) is 3.79. The van der Waals surface area contributed by atoms with Crippen LogP contribution >= 0.6 is 24.0 Å². The lowest BCUT2D eigenvalue weighted by Gasteiger charge is -2.01. The van der Waals surface area contributed by atoms with Gasteiger partial charge >= 0.3 is 0 Å². The Morgan fingerprint density at radius 1 is 1.10 bits per heavy atom. The molecule has 4 aromatic rings. The van der Waals surface area contributed by atoms with Gasteiger partial charge in [0.2, 0.25) is 11.0 Å². The maximum atomic E-state index is 13.5. The Labute approximate surface area is 131 Å². The lowest BCUT2D eigenvalue weighted by Crippen LogP contribution is -2.29. The third kappa shape index (κ3) is 1.88. The SMILES string of the molecule is C[n+]1c2ccccc2c(Cl)c2[nH]c3ccc(F)cc3c21.Cl. The van der Waals surface area contributed by atoms with Crippen molar-refractivity contribution in [3.8, 4) is 0 Å². The van der Waals surface area contributed by atoms with Crippen molar-refractivity contribution >= 4 is 56.8 Å². The Morgan fingerprint density at radius 2 is 1.86 bits per heavy atom. The second kappa shape index (κ2) is 4.86. The fraction of sp³-hybridized carbons (Fsp3) is 0.0625. The molecule has 0 fully saturated rings. The summed E-state index contributed by atoms with van der Waals surface area (Å²) in [4.78, 5) is 3.29. The standard InChI is InChI=1S/C16H10ClFN2.ClH/c1-20-13-5-3-2-4-10(13)14(17)15-16(20)11-8-9(18)6-7-12(11)19-15;/h2-8H,1H3;1H/p+1. The van der Waals surface area contributed by atoms with E-state index < -0.39 is 0 Å². The molecule has 106 valence electrons. The summed E-state index contributed by atoms with van der Waals surface area (Å²) in [6.07, 6.45) is 0. The summed E-state index contributed by atoms with van der Waals surface area (Å²) in [5, 5.41) is 2.50. The summed E-state index contributed by atoms with van der Waals surface area (Å²) < 4.78 is 15.6. The number of aryl methyl sites for hydroxylation is 1. The molecular formula is C16H12Cl2FN2+. The zero-order chi connectivity index (χ0) is 13.9. The molecule has 0 aliphatic heterocycles. The molecule has 4 rings (SSSR count). The number of hydrogen-bond acceptors (Lipinski definition) is 0. The highest BCUT2D eigenvalue weighted by Gasteiger charge is 2.21. The Hall–Kier alpha value is -1.84. The summed E-state index contributed by atoms with van der Waals surface area (Å²) >= 11 is 6.52. The fourth-order valence-electron chi connectivity index (χ4n) is 2.86. The van der Waals surface area contributed by atoms with E-state index in [0.29, 0.717) is 5.02 Å². The van der Waals surface area contributed by atoms with E-state index in [1.54, 1.807) is 12.1 Å². The number of hydrogen-bond donors (Lipinski definition) is 1. The van der Waals surface area contributed by atoms with Gasteiger partial charge in [-0.1, -0.05) is 23.7 Å². The van der Waals surface area contributed by atoms with Crippen molar-refractivity contribution in [3.05, 3.63) is 53.3 Å². The van der Waals surface area contributed by atoms with Gasteiger partial charge in [-0.3, -0.25) is 0 Å². The second-order valence-corrected chi connectivity index (χ2v) is 5.31. The molecule has 0 unspecified atom stereocenters. The predicted molar refractivity (Wildman–Crippen MR) is 86.7 cm³/mol. The summed E-state index contributed by atoms with van der Waals surface area (Å²) in [5.41, 5.74) is 3.67. The summed E-state index contributed by atoms with van der Waals surface area (Å²) in [6.45, 7) is 0. The number of nitrogens with one attached hydrogen (secondary N) is 1. The van der Waals surface area contributed by atoms with Gasteiger partial charge in [0.15, 0.2) is 0 Å². The molecule has 0 saturated carbocycles. The number of nitrogens with zero attached hydrogens (tertiary/aromatic N) is 1. The zero-order valence-electron chi connectivity index (χ0n) is 11.2. The van der Waals surface area contributed by atoms with Crippen LogP contribution in [0.4, 0.5) is 4.39 Å². The van der Waals surface area contributed by atoms with Crippen LogP contribution in [0.1, 0.15) is 0 Å². The van der Waals surface area contributed by atoms with Crippen LogP contribution in [0.2, 0.25) is 5.02 Å². The van der Waals surface area contributed by atoms with Crippen molar-refractivity contribution in [1.82, 2.24) is 4.98 Å². The van der Waals surface area contributed by atoms with Crippen LogP contribution in [-0.2, 0) is 7.05 Å². The van der Waals surface area contributed by atoms with Gasteiger partial charge in [-0.15, -0.1) is 12.4 Å². The Balaban J connectivity index is 0.00000132. The number of pyridine rings is 1. The molecule has 0 aliphatic rings. The molecule has 2 nitrogen and oxygen atoms in total. The number of rotatable bonds is 0. The smallest absolute Gasteiger partial charge is 0.240 e. The molecule has 0 aliphatic carbocycles. The molecule has 2 aromatic heterocycles. The van der Waals surface area contributed by atoms with Crippen LogP contribution in [0.15, 0.2) is 42.5 Å². The maximum Gasteiger partial charge on any atom is 0.240 e. The first kappa shape index (κ1) is 14.1. The van der Waals surface area contributed by atoms with Crippen LogP contribution in [0, 0.1) is 5.82 Å². The third-order valence-corrected chi connectivity index (χ3v) is 4.18. The lowest BCUT2D eigenvalue weighted by atomic mass is 10.1. The summed E-state index contributed by atoms with van der Waals surface area (Å²) in [7, 11) is 1.97. The van der Waals surface area contributed by atoms with Gasteiger partial charge in [0.25, 0.3) is 0 Å². The minimum Gasteiger partial charge on any atom is -0.348 e. The largest absolute Gasteiger partial charge is 0.348 e. The number of fused-ring (bicyclic) bond motifs is 4. The predicted octanol–water partition coefficient (Wildman–Crippen LogP) is 4.51. The number of benzene rings is 2. The topological polar surface area (TPSA) is 19.7 Å². The molecule has 2 aromatic carbocycles. The van der Waals surface area contributed by atoms with Gasteiger partial charge < -0.3 is 4.98 Å². The normalized spacial score (nSPS) is 11.2. The highest BCUT2D eigenvalue weighted by Crippen LogP contribution is 2.32. The molecule has 0 radical (unpaired) electrons. The Kier molecular flexibility index (Phi) is 3.27. The number of para-hydroxylation sites is 1. The molecule has 0 saturated heterocycles. The number of H-pyrrole nitrogens is 1. The average molecular weight is 322 g/mol. The molecule has 0 spiro atoms. The highest BCUT2D eigenvalue weighted by molar-refractivity contribution is 6.40. The molecule has 21 heavy (non-hydrogen) atoms. The minimum atomic E-state index is -0.248. The minimum absolute atomic E-state index is 0. The average Bonchev–Trinajstić information content (AvgIpc) is 2.84. The summed E-state index contributed by atoms with van der Waals surface area (Å²) in [5.74, 6) is -0.248. The van der Waals surface area contributed by atoms with Crippen LogP contribution in [0.25, 0.3) is 32.8 Å². The van der Waals surface area contributed by atoms with Crippen LogP contribution in [0.5, 0.6) is 0 Å². The molecule has 2 heterocycles. The van der Waals surface area contributed by atoms with Crippen molar-refractivity contribution in [2.24, 2.45) is 7.05 Å². The molecule has 1 N–H and O–H groups in total. The first-order valence-electron chi connectivity index (χ1n) is 6.34. The van der Waals surface area contributed by atoms with E-state index in [9.17, 15) is 4.39 Å². The second-order valence-electron chi connectivity index (χ2n) is 4.93. The molecule has 0 atom stereocenters. The molecule has 0 bridgehead atoms. The van der Waals surface area contributed by atoms with Crippen molar-refractivity contribution < 1.29 is 8.96 Å². The van der Waals surface area contributed by atoms with Gasteiger partial charge in [0, 0.05) is 6.07 Å². The van der Waals surface area contributed by atoms with E-state index in [2.05, 4.69) is 9.55 Å². The highest BCUT2D eigenvalue weighted by atomic mass is 35.5. The first-order chi connectivity index (χ1) is 9.66. The van der Waals surface area contributed by atoms with Crippen LogP contribution in [-0.4, -0.2) is 4.98 Å². The van der Waals surface area contributed by atoms with Gasteiger partial charge in [-0.25, -0.2) is 4.39 Å². The van der Waals surface area contributed by atoms with E-state index in [1.807, 2.05) is 31.3 Å². The Bertz CT molecular complexity index is 992. The number of aromatic amines is 1. The van der Waals surface area contributed by atoms with E-state index in [0.717, 1.165) is 32.8 Å². The molecule has 5 heteroatoms. The van der Waals surface area contributed by atoms with E-state index in [-0.39, 0.29) is 18.2 Å². The fourth-order valence-corrected chi connectivity index (χ4v) is 3.16. The number of aromatic nitrogens is 2. The maximum absolute atomic E-state index is 13.5. The quantitative estimate of drug-likeness (QED) is 0.460. The first-order valence-corrected chi connectivity index (χ1v) is 6.72. The van der Waals surface area contributed by atoms with E-state index in [1.165, 1.54) is 6.07 Å². The van der Waals surface area contributed by atoms with Crippen molar-refractivity contribution in [2.75, 3.05) is 0 Å². The van der Waals surface area contributed by atoms with Crippen molar-refractivity contribution in [2.45, 2.75) is 0 Å². The monoisotopic (exact) mass is 321 g/mol. The van der Waals surface area contributed by atoms with Gasteiger partial charge in [-0.2, -0.15) is 4.57 Å². The van der Waals surface area contributed by atoms with Gasteiger partial charge in [0.05, 0.1) is 21.3 Å². The van der Waals surface area contributed by atoms with Crippen molar-refractivity contribution in [1.29, 1.82) is 0 Å². The molecule has 0 amide bonds. The van der Waals surface area contributed by atoms with Crippen LogP contribution in [0.3, 0.4) is 0 Å². The molecular weight excluding hydrogens is 310 g/mol. The lowest BCUT2D eigenvalue weighted by molar-refractivity contribution is -0.616.